The number of carbonyl (C=O) groups is 1. The average molecular weight is 256 g/mol. The van der Waals surface area contributed by atoms with Crippen LogP contribution in [0, 0.1) is 19.8 Å². The summed E-state index contributed by atoms with van der Waals surface area (Å²) in [5.41, 5.74) is 4.82. The Balaban J connectivity index is 1.81. The summed E-state index contributed by atoms with van der Waals surface area (Å²) in [6.45, 7) is 5.15. The van der Waals surface area contributed by atoms with Crippen molar-refractivity contribution in [3.05, 3.63) is 29.6 Å². The lowest BCUT2D eigenvalue weighted by atomic mass is 10.0. The van der Waals surface area contributed by atoms with Gasteiger partial charge in [0.2, 0.25) is 0 Å². The van der Waals surface area contributed by atoms with Gasteiger partial charge in [0, 0.05) is 18.9 Å². The summed E-state index contributed by atoms with van der Waals surface area (Å²) < 4.78 is 2.19. The van der Waals surface area contributed by atoms with Gasteiger partial charge in [-0.2, -0.15) is 0 Å². The van der Waals surface area contributed by atoms with Crippen LogP contribution >= 0.6 is 0 Å². The molecule has 2 aromatic rings. The molecule has 1 fully saturated rings. The Labute approximate surface area is 113 Å². The molecular formula is C16H20N2O. The van der Waals surface area contributed by atoms with E-state index in [0.717, 1.165) is 37.7 Å². The van der Waals surface area contributed by atoms with Crippen molar-refractivity contribution in [3.63, 3.8) is 0 Å². The van der Waals surface area contributed by atoms with E-state index in [1.54, 1.807) is 0 Å². The van der Waals surface area contributed by atoms with Gasteiger partial charge in [0.15, 0.2) is 0 Å². The third-order valence-electron chi connectivity index (χ3n) is 4.39. The lowest BCUT2D eigenvalue weighted by molar-refractivity contribution is -0.120. The lowest BCUT2D eigenvalue weighted by Gasteiger charge is -2.09. The van der Waals surface area contributed by atoms with E-state index in [0.29, 0.717) is 5.78 Å². The van der Waals surface area contributed by atoms with Gasteiger partial charge in [0.25, 0.3) is 0 Å². The van der Waals surface area contributed by atoms with Crippen LogP contribution in [0.25, 0.3) is 11.0 Å². The lowest BCUT2D eigenvalue weighted by Crippen LogP contribution is -2.10. The molecule has 0 radical (unpaired) electrons. The van der Waals surface area contributed by atoms with E-state index >= 15 is 0 Å². The first-order chi connectivity index (χ1) is 9.15. The number of Topliss-reactive ketones (excluding diaryl/α,β-unsaturated/α-hetero) is 1. The molecule has 0 amide bonds. The highest BCUT2D eigenvalue weighted by Crippen LogP contribution is 2.26. The highest BCUT2D eigenvalue weighted by molar-refractivity contribution is 5.82. The molecule has 3 nitrogen and oxygen atoms in total. The molecule has 0 spiro atoms. The SMILES string of the molecule is Cc1cc2ncn(CCC3CCCC3=O)c2cc1C. The number of fused-ring (bicyclic) bond motifs is 1. The van der Waals surface area contributed by atoms with Gasteiger partial charge in [-0.3, -0.25) is 4.79 Å². The molecule has 0 bridgehead atoms. The molecule has 0 saturated heterocycles. The number of rotatable bonds is 3. The molecule has 19 heavy (non-hydrogen) atoms. The predicted octanol–water partition coefficient (Wildman–Crippen LogP) is 3.41. The molecule has 100 valence electrons. The maximum Gasteiger partial charge on any atom is 0.136 e. The second-order valence-corrected chi connectivity index (χ2v) is 5.71. The topological polar surface area (TPSA) is 34.9 Å². The molecule has 1 aromatic heterocycles. The Hall–Kier alpha value is -1.64. The van der Waals surface area contributed by atoms with Crippen LogP contribution in [0.15, 0.2) is 18.5 Å². The third kappa shape index (κ3) is 2.29. The van der Waals surface area contributed by atoms with Crippen molar-refractivity contribution < 1.29 is 4.79 Å². The number of benzene rings is 1. The Bertz CT molecular complexity index is 627. The van der Waals surface area contributed by atoms with Gasteiger partial charge >= 0.3 is 0 Å². The summed E-state index contributed by atoms with van der Waals surface area (Å²) in [5, 5.41) is 0. The number of ketones is 1. The molecule has 0 aliphatic heterocycles. The number of nitrogens with zero attached hydrogens (tertiary/aromatic N) is 2. The van der Waals surface area contributed by atoms with Crippen LogP contribution in [0.5, 0.6) is 0 Å². The van der Waals surface area contributed by atoms with Gasteiger partial charge in [0.1, 0.15) is 5.78 Å². The molecule has 1 aliphatic rings. The first-order valence-corrected chi connectivity index (χ1v) is 7.10. The van der Waals surface area contributed by atoms with Gasteiger partial charge in [-0.1, -0.05) is 0 Å². The number of hydrogen-bond acceptors (Lipinski definition) is 2. The summed E-state index contributed by atoms with van der Waals surface area (Å²) in [4.78, 5) is 16.1. The van der Waals surface area contributed by atoms with E-state index in [9.17, 15) is 4.79 Å². The summed E-state index contributed by atoms with van der Waals surface area (Å²) in [7, 11) is 0. The third-order valence-corrected chi connectivity index (χ3v) is 4.39. The van der Waals surface area contributed by atoms with Crippen molar-refractivity contribution in [2.75, 3.05) is 0 Å². The van der Waals surface area contributed by atoms with E-state index in [4.69, 9.17) is 0 Å². The number of carbonyl (C=O) groups excluding carboxylic acids is 1. The molecule has 1 atom stereocenters. The summed E-state index contributed by atoms with van der Waals surface area (Å²) in [5.74, 6) is 0.737. The predicted molar refractivity (Wildman–Crippen MR) is 76.2 cm³/mol. The van der Waals surface area contributed by atoms with Crippen molar-refractivity contribution in [2.24, 2.45) is 5.92 Å². The first-order valence-electron chi connectivity index (χ1n) is 7.10. The van der Waals surface area contributed by atoms with E-state index in [2.05, 4.69) is 35.5 Å². The molecule has 1 heterocycles. The van der Waals surface area contributed by atoms with E-state index in [1.807, 2.05) is 6.33 Å². The Morgan fingerprint density at radius 3 is 2.84 bits per heavy atom. The van der Waals surface area contributed by atoms with Crippen LogP contribution in [0.2, 0.25) is 0 Å². The first kappa shape index (κ1) is 12.4. The summed E-state index contributed by atoms with van der Waals surface area (Å²) in [6, 6.07) is 4.34. The Morgan fingerprint density at radius 1 is 1.32 bits per heavy atom. The van der Waals surface area contributed by atoms with Gasteiger partial charge in [0.05, 0.1) is 17.4 Å². The second-order valence-electron chi connectivity index (χ2n) is 5.71. The molecule has 1 saturated carbocycles. The van der Waals surface area contributed by atoms with Crippen LogP contribution in [0.3, 0.4) is 0 Å². The fourth-order valence-corrected chi connectivity index (χ4v) is 2.98. The molecule has 1 aromatic carbocycles. The van der Waals surface area contributed by atoms with E-state index in [1.165, 1.54) is 16.6 Å². The second kappa shape index (κ2) is 4.80. The minimum Gasteiger partial charge on any atom is -0.331 e. The zero-order valence-corrected chi connectivity index (χ0v) is 11.6. The minimum absolute atomic E-state index is 0.281. The quantitative estimate of drug-likeness (QED) is 0.843. The van der Waals surface area contributed by atoms with Crippen LogP contribution < -0.4 is 0 Å². The summed E-state index contributed by atoms with van der Waals surface area (Å²) in [6.07, 6.45) is 5.80. The van der Waals surface area contributed by atoms with Crippen molar-refractivity contribution >= 4 is 16.8 Å². The van der Waals surface area contributed by atoms with Crippen molar-refractivity contribution in [1.29, 1.82) is 0 Å². The maximum absolute atomic E-state index is 11.7. The number of hydrogen-bond donors (Lipinski definition) is 0. The van der Waals surface area contributed by atoms with Crippen molar-refractivity contribution in [1.82, 2.24) is 9.55 Å². The smallest absolute Gasteiger partial charge is 0.136 e. The monoisotopic (exact) mass is 256 g/mol. The minimum atomic E-state index is 0.281. The average Bonchev–Trinajstić information content (AvgIpc) is 2.95. The molecule has 3 heteroatoms. The van der Waals surface area contributed by atoms with Gasteiger partial charge in [-0.15, -0.1) is 0 Å². The van der Waals surface area contributed by atoms with Gasteiger partial charge in [-0.05, 0) is 56.4 Å². The van der Waals surface area contributed by atoms with Crippen LogP contribution in [0.1, 0.15) is 36.8 Å². The summed E-state index contributed by atoms with van der Waals surface area (Å²) >= 11 is 0. The zero-order chi connectivity index (χ0) is 13.4. The highest BCUT2D eigenvalue weighted by atomic mass is 16.1. The van der Waals surface area contributed by atoms with Crippen LogP contribution in [-0.2, 0) is 11.3 Å². The number of aryl methyl sites for hydroxylation is 3. The number of aromatic nitrogens is 2. The molecule has 1 aliphatic carbocycles. The molecular weight excluding hydrogens is 236 g/mol. The fourth-order valence-electron chi connectivity index (χ4n) is 2.98. The standard InChI is InChI=1S/C16H20N2O/c1-11-8-14-15(9-12(11)2)18(10-17-14)7-6-13-4-3-5-16(13)19/h8-10,13H,3-7H2,1-2H3. The van der Waals surface area contributed by atoms with Crippen molar-refractivity contribution in [3.8, 4) is 0 Å². The molecule has 3 rings (SSSR count). The Kier molecular flexibility index (Phi) is 3.13. The van der Waals surface area contributed by atoms with E-state index < -0.39 is 0 Å². The van der Waals surface area contributed by atoms with Crippen LogP contribution in [-0.4, -0.2) is 15.3 Å². The van der Waals surface area contributed by atoms with Gasteiger partial charge < -0.3 is 4.57 Å². The maximum atomic E-state index is 11.7. The normalized spacial score (nSPS) is 19.5. The Morgan fingerprint density at radius 2 is 2.11 bits per heavy atom. The highest BCUT2D eigenvalue weighted by Gasteiger charge is 2.23. The van der Waals surface area contributed by atoms with E-state index in [-0.39, 0.29) is 5.92 Å². The van der Waals surface area contributed by atoms with Crippen LogP contribution in [0.4, 0.5) is 0 Å². The fraction of sp³-hybridized carbons (Fsp3) is 0.500. The largest absolute Gasteiger partial charge is 0.331 e. The van der Waals surface area contributed by atoms with Gasteiger partial charge in [-0.25, -0.2) is 4.98 Å². The molecule has 1 unspecified atom stereocenters. The molecule has 0 N–H and O–H groups in total. The number of imidazole rings is 1. The van der Waals surface area contributed by atoms with Crippen molar-refractivity contribution in [2.45, 2.75) is 46.1 Å². The zero-order valence-electron chi connectivity index (χ0n) is 11.6.